The summed E-state index contributed by atoms with van der Waals surface area (Å²) in [5, 5.41) is 1.63. The fourth-order valence-corrected chi connectivity index (χ4v) is 2.92. The minimum atomic E-state index is -0.193. The van der Waals surface area contributed by atoms with Crippen molar-refractivity contribution < 1.29 is 14.5 Å². The summed E-state index contributed by atoms with van der Waals surface area (Å²) in [4.78, 5) is 31.0. The average Bonchev–Trinajstić information content (AvgIpc) is 3.13. The van der Waals surface area contributed by atoms with Crippen molar-refractivity contribution in [2.45, 2.75) is 12.8 Å². The fraction of sp³-hybridized carbons (Fsp3) is 0.176. The largest absolute Gasteiger partial charge is 0.274 e. The first-order valence-corrected chi connectivity index (χ1v) is 7.50. The van der Waals surface area contributed by atoms with Crippen LogP contribution in [-0.4, -0.2) is 28.3 Å². The van der Waals surface area contributed by atoms with Gasteiger partial charge in [-0.1, -0.05) is 12.1 Å². The Morgan fingerprint density at radius 3 is 2.57 bits per heavy atom. The summed E-state index contributed by atoms with van der Waals surface area (Å²) in [7, 11) is 0. The number of amides is 2. The molecule has 0 spiro atoms. The summed E-state index contributed by atoms with van der Waals surface area (Å²) >= 11 is 0. The molecule has 0 unspecified atom stereocenters. The van der Waals surface area contributed by atoms with E-state index in [1.807, 2.05) is 18.4 Å². The molecule has 0 aliphatic carbocycles. The summed E-state index contributed by atoms with van der Waals surface area (Å²) in [5.74, 6) is -0.387. The zero-order valence-electron chi connectivity index (χ0n) is 12.4. The van der Waals surface area contributed by atoms with Gasteiger partial charge in [0.1, 0.15) is 0 Å². The Labute approximate surface area is 133 Å². The second-order valence-corrected chi connectivity index (χ2v) is 5.55. The highest BCUT2D eigenvalue weighted by Gasteiger charge is 2.34. The number of hydroxylamine groups is 3. The monoisotopic (exact) mass is 309 g/mol. The number of benzene rings is 1. The van der Waals surface area contributed by atoms with Gasteiger partial charge >= 0.3 is 0 Å². The maximum Gasteiger partial charge on any atom is 0.261 e. The molecule has 0 saturated carbocycles. The average molecular weight is 309 g/mol. The molecule has 3 aliphatic rings. The molecule has 116 valence electrons. The number of rotatable bonds is 4. The summed E-state index contributed by atoms with van der Waals surface area (Å²) in [6.07, 6.45) is 9.10. The quantitative estimate of drug-likeness (QED) is 0.863. The van der Waals surface area contributed by atoms with Crippen molar-refractivity contribution in [1.29, 1.82) is 0 Å². The number of carbonyl (C=O) groups is 2. The minimum Gasteiger partial charge on any atom is -0.274 e. The molecule has 0 bridgehead atoms. The molecule has 1 aromatic carbocycles. The third-order valence-corrected chi connectivity index (χ3v) is 4.09. The van der Waals surface area contributed by atoms with Gasteiger partial charge in [-0.25, -0.2) is 10.5 Å². The lowest BCUT2D eigenvalue weighted by molar-refractivity contribution is -0.112. The fourth-order valence-electron chi connectivity index (χ4n) is 2.92. The normalized spacial score (nSPS) is 18.6. The first-order valence-electron chi connectivity index (χ1n) is 7.50. The number of carbonyl (C=O) groups excluding carboxylic acids is 2. The Kier molecular flexibility index (Phi) is 3.24. The number of fused-ring (bicyclic) bond motifs is 2. The molecular weight excluding hydrogens is 294 g/mol. The van der Waals surface area contributed by atoms with Crippen molar-refractivity contribution in [3.63, 3.8) is 0 Å². The van der Waals surface area contributed by atoms with E-state index in [4.69, 9.17) is 4.94 Å². The highest BCUT2D eigenvalue weighted by atomic mass is 16.8. The van der Waals surface area contributed by atoms with Crippen LogP contribution in [0.15, 0.2) is 60.1 Å². The van der Waals surface area contributed by atoms with Crippen LogP contribution in [0.4, 0.5) is 0 Å². The third-order valence-electron chi connectivity index (χ3n) is 4.09. The number of allylic oxidation sites excluding steroid dienone is 3. The van der Waals surface area contributed by atoms with E-state index >= 15 is 0 Å². The smallest absolute Gasteiger partial charge is 0.261 e. The zero-order valence-corrected chi connectivity index (χ0v) is 12.4. The molecule has 0 aromatic heterocycles. The third kappa shape index (κ3) is 2.33. The molecule has 6 nitrogen and oxygen atoms in total. The summed E-state index contributed by atoms with van der Waals surface area (Å²) in [6, 6.07) is 6.97. The van der Waals surface area contributed by atoms with Crippen LogP contribution in [0.25, 0.3) is 0 Å². The number of imide groups is 1. The van der Waals surface area contributed by atoms with E-state index in [0.717, 1.165) is 24.1 Å². The van der Waals surface area contributed by atoms with Gasteiger partial charge in [-0.05, 0) is 42.7 Å². The predicted octanol–water partition coefficient (Wildman–Crippen LogP) is 2.11. The van der Waals surface area contributed by atoms with Gasteiger partial charge in [0.05, 0.1) is 23.0 Å². The van der Waals surface area contributed by atoms with Crippen LogP contribution >= 0.6 is 0 Å². The van der Waals surface area contributed by atoms with Crippen LogP contribution < -0.4 is 5.48 Å². The van der Waals surface area contributed by atoms with Crippen molar-refractivity contribution in [1.82, 2.24) is 15.4 Å². The topological polar surface area (TPSA) is 61.9 Å². The van der Waals surface area contributed by atoms with Gasteiger partial charge in [0, 0.05) is 12.7 Å². The molecule has 0 fully saturated rings. The number of nitrogens with zero attached hydrogens (tertiary/aromatic N) is 2. The molecule has 1 N–H and O–H groups in total. The van der Waals surface area contributed by atoms with E-state index in [1.165, 1.54) is 4.90 Å². The SMILES string of the molecule is O=C1c2ccccc2C(=O)N1CCCC1=CC2=CNON2C=C1. The van der Waals surface area contributed by atoms with Crippen LogP contribution in [0, 0.1) is 0 Å². The van der Waals surface area contributed by atoms with Crippen LogP contribution in [0.1, 0.15) is 33.6 Å². The van der Waals surface area contributed by atoms with Crippen LogP contribution in [0.3, 0.4) is 0 Å². The van der Waals surface area contributed by atoms with Crippen LogP contribution in [0.2, 0.25) is 0 Å². The van der Waals surface area contributed by atoms with Crippen molar-refractivity contribution in [2.24, 2.45) is 0 Å². The second-order valence-electron chi connectivity index (χ2n) is 5.55. The van der Waals surface area contributed by atoms with E-state index in [0.29, 0.717) is 17.7 Å². The Hall–Kier alpha value is -2.86. The number of nitrogens with one attached hydrogen (secondary N) is 1. The Bertz CT molecular complexity index is 744. The lowest BCUT2D eigenvalue weighted by Gasteiger charge is -2.18. The van der Waals surface area contributed by atoms with Crippen molar-refractivity contribution >= 4 is 11.8 Å². The van der Waals surface area contributed by atoms with Crippen LogP contribution in [0.5, 0.6) is 0 Å². The second kappa shape index (κ2) is 5.40. The van der Waals surface area contributed by atoms with Crippen molar-refractivity contribution in [3.8, 4) is 0 Å². The molecule has 4 rings (SSSR count). The maximum atomic E-state index is 12.3. The van der Waals surface area contributed by atoms with Gasteiger partial charge in [-0.15, -0.1) is 0 Å². The van der Waals surface area contributed by atoms with E-state index in [9.17, 15) is 9.59 Å². The molecule has 6 heteroatoms. The molecule has 1 aromatic rings. The molecule has 2 amide bonds. The summed E-state index contributed by atoms with van der Waals surface area (Å²) < 4.78 is 0. The molecule has 23 heavy (non-hydrogen) atoms. The first kappa shape index (κ1) is 13.8. The van der Waals surface area contributed by atoms with Gasteiger partial charge in [0.2, 0.25) is 0 Å². The minimum absolute atomic E-state index is 0.193. The van der Waals surface area contributed by atoms with Gasteiger partial charge in [-0.3, -0.25) is 14.5 Å². The predicted molar refractivity (Wildman–Crippen MR) is 82.4 cm³/mol. The Morgan fingerprint density at radius 1 is 1.09 bits per heavy atom. The zero-order chi connectivity index (χ0) is 15.8. The summed E-state index contributed by atoms with van der Waals surface area (Å²) in [6.45, 7) is 0.426. The number of hydrogen-bond acceptors (Lipinski definition) is 5. The van der Waals surface area contributed by atoms with E-state index in [1.54, 1.807) is 35.5 Å². The van der Waals surface area contributed by atoms with Crippen LogP contribution in [-0.2, 0) is 4.94 Å². The molecular formula is C17H15N3O3. The van der Waals surface area contributed by atoms with E-state index in [-0.39, 0.29) is 11.8 Å². The standard InChI is InChI=1S/C17H15N3O3/c21-16-14-5-1-2-6-15(14)17(22)19(16)8-3-4-12-7-9-20-13(10-12)11-18-23-20/h1-2,5-7,9-11,18H,3-4,8H2. The van der Waals surface area contributed by atoms with E-state index < -0.39 is 0 Å². The Morgan fingerprint density at radius 2 is 1.83 bits per heavy atom. The molecule has 3 heterocycles. The number of hydrogen-bond donors (Lipinski definition) is 1. The Balaban J connectivity index is 1.39. The molecule has 0 saturated heterocycles. The maximum absolute atomic E-state index is 12.3. The van der Waals surface area contributed by atoms with Crippen molar-refractivity contribution in [2.75, 3.05) is 6.54 Å². The van der Waals surface area contributed by atoms with Gasteiger partial charge < -0.3 is 0 Å². The highest BCUT2D eigenvalue weighted by Crippen LogP contribution is 2.25. The van der Waals surface area contributed by atoms with E-state index in [2.05, 4.69) is 5.48 Å². The molecule has 0 atom stereocenters. The lowest BCUT2D eigenvalue weighted by atomic mass is 10.1. The molecule has 3 aliphatic heterocycles. The molecule has 0 radical (unpaired) electrons. The lowest BCUT2D eigenvalue weighted by Crippen LogP contribution is -2.30. The van der Waals surface area contributed by atoms with Gasteiger partial charge in [0.25, 0.3) is 11.8 Å². The summed E-state index contributed by atoms with van der Waals surface area (Å²) in [5.41, 5.74) is 5.75. The van der Waals surface area contributed by atoms with Gasteiger partial charge in [-0.2, -0.15) is 4.94 Å². The van der Waals surface area contributed by atoms with Gasteiger partial charge in [0.15, 0.2) is 0 Å². The first-order chi connectivity index (χ1) is 11.2. The highest BCUT2D eigenvalue weighted by molar-refractivity contribution is 6.21. The van der Waals surface area contributed by atoms with Crippen molar-refractivity contribution in [3.05, 3.63) is 71.2 Å².